The normalized spacial score (nSPS) is 14.5. The Morgan fingerprint density at radius 1 is 1.11 bits per heavy atom. The van der Waals surface area contributed by atoms with Crippen LogP contribution in [0.5, 0.6) is 0 Å². The van der Waals surface area contributed by atoms with Crippen LogP contribution in [0.3, 0.4) is 0 Å². The van der Waals surface area contributed by atoms with Gasteiger partial charge in [-0.25, -0.2) is 4.98 Å². The van der Waals surface area contributed by atoms with Gasteiger partial charge < -0.3 is 9.73 Å². The van der Waals surface area contributed by atoms with E-state index in [0.717, 1.165) is 27.8 Å². The van der Waals surface area contributed by atoms with Gasteiger partial charge in [0.05, 0.1) is 15.0 Å². The second-order valence-corrected chi connectivity index (χ2v) is 11.5. The Balaban J connectivity index is 1.21. The van der Waals surface area contributed by atoms with Gasteiger partial charge in [0.25, 0.3) is 5.91 Å². The average Bonchev–Trinajstić information content (AvgIpc) is 3.60. The summed E-state index contributed by atoms with van der Waals surface area (Å²) in [6.45, 7) is -0.218. The molecule has 1 fully saturated rings. The van der Waals surface area contributed by atoms with Crippen LogP contribution in [0.1, 0.15) is 16.2 Å². The maximum absolute atomic E-state index is 12.9. The number of thiocarbonyl (C=S) groups is 1. The number of carbonyl (C=O) groups excluding carboxylic acids is 2. The van der Waals surface area contributed by atoms with Crippen LogP contribution in [0.15, 0.2) is 76.2 Å². The number of rotatable bonds is 7. The van der Waals surface area contributed by atoms with Gasteiger partial charge in [0.15, 0.2) is 5.13 Å². The van der Waals surface area contributed by atoms with Gasteiger partial charge in [-0.2, -0.15) is 0 Å². The van der Waals surface area contributed by atoms with Crippen molar-refractivity contribution < 1.29 is 14.0 Å². The summed E-state index contributed by atoms with van der Waals surface area (Å²) in [6, 6.07) is 18.8. The molecule has 3 heterocycles. The third-order valence-corrected chi connectivity index (χ3v) is 8.48. The first-order valence-corrected chi connectivity index (χ1v) is 13.7. The standard InChI is InChI=1S/C26H17Cl2N3O3S3/c27-19-8-4-7-16(23(19)28)11-18-13-29-25(36-18)30-22(32)14-31-24(33)21(37-26(31)35)12-17-9-10-20(34-17)15-5-2-1-3-6-15/h1-10,12-13H,11,14H2,(H,29,30,32)/b21-12-. The molecule has 1 aliphatic rings. The first-order chi connectivity index (χ1) is 17.9. The molecule has 0 atom stereocenters. The predicted molar refractivity (Wildman–Crippen MR) is 154 cm³/mol. The van der Waals surface area contributed by atoms with E-state index >= 15 is 0 Å². The van der Waals surface area contributed by atoms with E-state index < -0.39 is 5.91 Å². The molecule has 0 saturated carbocycles. The fourth-order valence-electron chi connectivity index (χ4n) is 3.58. The van der Waals surface area contributed by atoms with Gasteiger partial charge in [0.1, 0.15) is 22.4 Å². The van der Waals surface area contributed by atoms with Crippen LogP contribution in [-0.4, -0.2) is 32.6 Å². The van der Waals surface area contributed by atoms with Crippen LogP contribution in [0.4, 0.5) is 5.13 Å². The summed E-state index contributed by atoms with van der Waals surface area (Å²) in [5.74, 6) is 0.475. The number of hydrogen-bond donors (Lipinski definition) is 1. The molecule has 37 heavy (non-hydrogen) atoms. The van der Waals surface area contributed by atoms with Crippen molar-refractivity contribution in [1.82, 2.24) is 9.88 Å². The molecule has 0 unspecified atom stereocenters. The molecule has 186 valence electrons. The zero-order chi connectivity index (χ0) is 25.9. The maximum atomic E-state index is 12.9. The number of furan rings is 1. The van der Waals surface area contributed by atoms with Crippen molar-refractivity contribution in [2.75, 3.05) is 11.9 Å². The van der Waals surface area contributed by atoms with Crippen molar-refractivity contribution in [3.05, 3.63) is 98.0 Å². The van der Waals surface area contributed by atoms with Crippen molar-refractivity contribution in [2.45, 2.75) is 6.42 Å². The second kappa shape index (κ2) is 11.2. The lowest BCUT2D eigenvalue weighted by Crippen LogP contribution is -2.36. The molecule has 0 spiro atoms. The number of thioether (sulfide) groups is 1. The van der Waals surface area contributed by atoms with E-state index in [1.165, 1.54) is 16.2 Å². The number of halogens is 2. The number of anilines is 1. The highest BCUT2D eigenvalue weighted by atomic mass is 35.5. The lowest BCUT2D eigenvalue weighted by molar-refractivity contribution is -0.126. The van der Waals surface area contributed by atoms with E-state index in [2.05, 4.69) is 10.3 Å². The molecule has 11 heteroatoms. The van der Waals surface area contributed by atoms with Crippen LogP contribution < -0.4 is 5.32 Å². The van der Waals surface area contributed by atoms with Crippen LogP contribution in [0, 0.1) is 0 Å². The number of nitrogens with zero attached hydrogens (tertiary/aromatic N) is 2. The molecule has 1 N–H and O–H groups in total. The molecule has 2 amide bonds. The average molecular weight is 587 g/mol. The smallest absolute Gasteiger partial charge is 0.266 e. The van der Waals surface area contributed by atoms with E-state index in [0.29, 0.717) is 42.3 Å². The SMILES string of the molecule is O=C(CN1C(=O)/C(=C/c2ccc(-c3ccccc3)o2)SC1=S)Nc1ncc(Cc2cccc(Cl)c2Cl)s1. The van der Waals surface area contributed by atoms with E-state index in [1.54, 1.807) is 24.4 Å². The van der Waals surface area contributed by atoms with Crippen molar-refractivity contribution >= 4 is 85.9 Å². The summed E-state index contributed by atoms with van der Waals surface area (Å²) in [7, 11) is 0. The lowest BCUT2D eigenvalue weighted by Gasteiger charge is -2.13. The van der Waals surface area contributed by atoms with Gasteiger partial charge >= 0.3 is 0 Å². The van der Waals surface area contributed by atoms with Crippen molar-refractivity contribution in [2.24, 2.45) is 0 Å². The minimum absolute atomic E-state index is 0.218. The van der Waals surface area contributed by atoms with Gasteiger partial charge in [-0.1, -0.05) is 89.6 Å². The number of benzene rings is 2. The topological polar surface area (TPSA) is 75.4 Å². The molecule has 0 aliphatic carbocycles. The molecule has 5 rings (SSSR count). The molecular weight excluding hydrogens is 569 g/mol. The highest BCUT2D eigenvalue weighted by Crippen LogP contribution is 2.34. The van der Waals surface area contributed by atoms with Gasteiger partial charge in [-0.3, -0.25) is 14.5 Å². The lowest BCUT2D eigenvalue weighted by atomic mass is 10.1. The molecule has 6 nitrogen and oxygen atoms in total. The van der Waals surface area contributed by atoms with Crippen LogP contribution in [0.25, 0.3) is 17.4 Å². The number of carbonyl (C=O) groups is 2. The maximum Gasteiger partial charge on any atom is 0.266 e. The van der Waals surface area contributed by atoms with Crippen LogP contribution in [0.2, 0.25) is 10.0 Å². The van der Waals surface area contributed by atoms with Gasteiger partial charge in [-0.15, -0.1) is 11.3 Å². The Bertz CT molecular complexity index is 1530. The Labute approximate surface area is 236 Å². The number of hydrogen-bond acceptors (Lipinski definition) is 7. The molecular formula is C26H17Cl2N3O3S3. The van der Waals surface area contributed by atoms with E-state index in [1.807, 2.05) is 48.5 Å². The molecule has 2 aromatic heterocycles. The van der Waals surface area contributed by atoms with Crippen LogP contribution in [-0.2, 0) is 16.0 Å². The summed E-state index contributed by atoms with van der Waals surface area (Å²) >= 11 is 20.2. The number of amides is 2. The Morgan fingerprint density at radius 3 is 2.73 bits per heavy atom. The molecule has 2 aromatic carbocycles. The third kappa shape index (κ3) is 5.97. The molecule has 0 radical (unpaired) electrons. The summed E-state index contributed by atoms with van der Waals surface area (Å²) in [5.41, 5.74) is 1.81. The fourth-order valence-corrected chi connectivity index (χ4v) is 6.05. The van der Waals surface area contributed by atoms with Crippen molar-refractivity contribution in [3.8, 4) is 11.3 Å². The van der Waals surface area contributed by atoms with Gasteiger partial charge in [0.2, 0.25) is 5.91 Å². The molecule has 1 saturated heterocycles. The Hall–Kier alpha value is -2.95. The summed E-state index contributed by atoms with van der Waals surface area (Å²) < 4.78 is 6.17. The van der Waals surface area contributed by atoms with Crippen LogP contribution >= 0.6 is 58.5 Å². The van der Waals surface area contributed by atoms with Gasteiger partial charge in [-0.05, 0) is 23.8 Å². The quantitative estimate of drug-likeness (QED) is 0.183. The summed E-state index contributed by atoms with van der Waals surface area (Å²) in [4.78, 5) is 32.4. The van der Waals surface area contributed by atoms with E-state index in [9.17, 15) is 9.59 Å². The monoisotopic (exact) mass is 585 g/mol. The van der Waals surface area contributed by atoms with Gasteiger partial charge in [0, 0.05) is 29.1 Å². The highest BCUT2D eigenvalue weighted by molar-refractivity contribution is 8.26. The van der Waals surface area contributed by atoms with Crippen molar-refractivity contribution in [1.29, 1.82) is 0 Å². The van der Waals surface area contributed by atoms with E-state index in [4.69, 9.17) is 39.8 Å². The number of nitrogens with one attached hydrogen (secondary N) is 1. The third-order valence-electron chi connectivity index (χ3n) is 5.33. The zero-order valence-corrected chi connectivity index (χ0v) is 22.9. The highest BCUT2D eigenvalue weighted by Gasteiger charge is 2.33. The molecule has 0 bridgehead atoms. The molecule has 1 aliphatic heterocycles. The Morgan fingerprint density at radius 2 is 1.92 bits per heavy atom. The zero-order valence-electron chi connectivity index (χ0n) is 18.9. The Kier molecular flexibility index (Phi) is 7.78. The van der Waals surface area contributed by atoms with Crippen molar-refractivity contribution in [3.63, 3.8) is 0 Å². The fraction of sp³-hybridized carbons (Fsp3) is 0.0769. The first-order valence-electron chi connectivity index (χ1n) is 11.0. The minimum atomic E-state index is -0.399. The summed E-state index contributed by atoms with van der Waals surface area (Å²) in [6.07, 6.45) is 3.84. The molecule has 4 aromatic rings. The predicted octanol–water partition coefficient (Wildman–Crippen LogP) is 7.14. The number of thiazole rings is 1. The largest absolute Gasteiger partial charge is 0.457 e. The number of aromatic nitrogens is 1. The second-order valence-electron chi connectivity index (χ2n) is 7.91. The van der Waals surface area contributed by atoms with E-state index in [-0.39, 0.29) is 12.5 Å². The minimum Gasteiger partial charge on any atom is -0.457 e. The first kappa shape index (κ1) is 25.7. The summed E-state index contributed by atoms with van der Waals surface area (Å²) in [5, 5.41) is 4.14.